The minimum Gasteiger partial charge on any atom is -0.356 e. The van der Waals surface area contributed by atoms with E-state index < -0.39 is 0 Å². The molecule has 0 atom stereocenters. The lowest BCUT2D eigenvalue weighted by molar-refractivity contribution is 0.624. The second kappa shape index (κ2) is 9.93. The Bertz CT molecular complexity index is 1120. The molecule has 0 aliphatic carbocycles. The minimum atomic E-state index is 0.732. The number of nitrogens with zero attached hydrogens (tertiary/aromatic N) is 5. The first-order valence-electron chi connectivity index (χ1n) is 10.6. The zero-order chi connectivity index (χ0) is 21.5. The van der Waals surface area contributed by atoms with Gasteiger partial charge in [-0.05, 0) is 36.6 Å². The van der Waals surface area contributed by atoms with E-state index in [4.69, 9.17) is 0 Å². The monoisotopic (exact) mass is 415 g/mol. The molecule has 4 aromatic rings. The zero-order valence-corrected chi connectivity index (χ0v) is 18.1. The molecular weight excluding hydrogens is 386 g/mol. The summed E-state index contributed by atoms with van der Waals surface area (Å²) in [6, 6.07) is 16.9. The number of benzene rings is 2. The molecule has 0 unspecified atom stereocenters. The van der Waals surface area contributed by atoms with Gasteiger partial charge in [0.05, 0.1) is 17.4 Å². The van der Waals surface area contributed by atoms with Crippen LogP contribution in [0.25, 0.3) is 11.0 Å². The molecule has 0 aliphatic rings. The number of hydrogen-bond donors (Lipinski definition) is 2. The van der Waals surface area contributed by atoms with E-state index in [-0.39, 0.29) is 0 Å². The number of fused-ring (bicyclic) bond motifs is 1. The van der Waals surface area contributed by atoms with Crippen LogP contribution in [0, 0.1) is 6.92 Å². The van der Waals surface area contributed by atoms with Crippen LogP contribution in [0.2, 0.25) is 0 Å². The first-order chi connectivity index (χ1) is 15.2. The lowest BCUT2D eigenvalue weighted by Gasteiger charge is -2.13. The third kappa shape index (κ3) is 5.31. The van der Waals surface area contributed by atoms with Crippen LogP contribution in [0.5, 0.6) is 0 Å². The van der Waals surface area contributed by atoms with Gasteiger partial charge in [-0.2, -0.15) is 0 Å². The Balaban J connectivity index is 1.22. The lowest BCUT2D eigenvalue weighted by atomic mass is 10.1. The summed E-state index contributed by atoms with van der Waals surface area (Å²) in [5.74, 6) is 1.87. The number of rotatable bonds is 8. The van der Waals surface area contributed by atoms with Crippen LogP contribution in [0.1, 0.15) is 23.4 Å². The van der Waals surface area contributed by atoms with E-state index in [1.54, 1.807) is 13.2 Å². The van der Waals surface area contributed by atoms with Gasteiger partial charge in [-0.3, -0.25) is 4.99 Å². The second-order valence-corrected chi connectivity index (χ2v) is 7.56. The standard InChI is InChI=1S/C24H29N7/c1-19-29-22-6-3-4-7-23(22)31(19)14-5-12-27-24(25-2)28-16-20-8-10-21(11-9-20)17-30-15-13-26-18-30/h3-4,6-11,13,15,18H,5,12,14,16-17H2,1-2H3,(H2,25,27,28). The van der Waals surface area contributed by atoms with Gasteiger partial charge in [0.25, 0.3) is 0 Å². The number of aliphatic imine (C=N–C) groups is 1. The van der Waals surface area contributed by atoms with E-state index in [9.17, 15) is 0 Å². The number of guanidine groups is 1. The number of nitrogens with one attached hydrogen (secondary N) is 2. The van der Waals surface area contributed by atoms with E-state index >= 15 is 0 Å². The number of imidazole rings is 2. The third-order valence-corrected chi connectivity index (χ3v) is 5.33. The highest BCUT2D eigenvalue weighted by molar-refractivity contribution is 5.79. The largest absolute Gasteiger partial charge is 0.356 e. The van der Waals surface area contributed by atoms with Gasteiger partial charge in [0.2, 0.25) is 0 Å². The van der Waals surface area contributed by atoms with Crippen molar-refractivity contribution in [3.8, 4) is 0 Å². The number of para-hydroxylation sites is 2. The Kier molecular flexibility index (Phi) is 6.62. The van der Waals surface area contributed by atoms with Crippen molar-refractivity contribution in [3.05, 3.63) is 84.2 Å². The molecule has 31 heavy (non-hydrogen) atoms. The summed E-state index contributed by atoms with van der Waals surface area (Å²) >= 11 is 0. The quantitative estimate of drug-likeness (QED) is 0.263. The van der Waals surface area contributed by atoms with Crippen molar-refractivity contribution in [2.75, 3.05) is 13.6 Å². The number of hydrogen-bond acceptors (Lipinski definition) is 3. The molecule has 0 amide bonds. The molecule has 2 aromatic carbocycles. The zero-order valence-electron chi connectivity index (χ0n) is 18.1. The van der Waals surface area contributed by atoms with E-state index in [1.807, 2.05) is 18.6 Å². The summed E-state index contributed by atoms with van der Waals surface area (Å²) in [6.45, 7) is 5.40. The third-order valence-electron chi connectivity index (χ3n) is 5.33. The highest BCUT2D eigenvalue weighted by atomic mass is 15.2. The Morgan fingerprint density at radius 1 is 1.03 bits per heavy atom. The maximum atomic E-state index is 4.63. The normalized spacial score (nSPS) is 11.7. The van der Waals surface area contributed by atoms with Crippen LogP contribution in [0.3, 0.4) is 0 Å². The predicted octanol–water partition coefficient (Wildman–Crippen LogP) is 3.34. The Hall–Kier alpha value is -3.61. The van der Waals surface area contributed by atoms with Crippen LogP contribution in [-0.2, 0) is 19.6 Å². The average Bonchev–Trinajstić information content (AvgIpc) is 3.41. The molecule has 0 fully saturated rings. The van der Waals surface area contributed by atoms with Crippen molar-refractivity contribution < 1.29 is 0 Å². The summed E-state index contributed by atoms with van der Waals surface area (Å²) in [6.07, 6.45) is 6.60. The fraction of sp³-hybridized carbons (Fsp3) is 0.292. The summed E-state index contributed by atoms with van der Waals surface area (Å²) < 4.78 is 4.34. The van der Waals surface area contributed by atoms with Crippen molar-refractivity contribution in [1.82, 2.24) is 29.7 Å². The van der Waals surface area contributed by atoms with E-state index in [0.717, 1.165) is 49.9 Å². The molecule has 0 saturated carbocycles. The molecule has 160 valence electrons. The molecule has 2 aromatic heterocycles. The van der Waals surface area contributed by atoms with Crippen LogP contribution in [-0.4, -0.2) is 38.7 Å². The molecule has 0 saturated heterocycles. The van der Waals surface area contributed by atoms with Gasteiger partial charge in [-0.25, -0.2) is 9.97 Å². The van der Waals surface area contributed by atoms with Crippen LogP contribution in [0.15, 0.2) is 72.2 Å². The van der Waals surface area contributed by atoms with Crippen molar-refractivity contribution in [2.24, 2.45) is 4.99 Å². The van der Waals surface area contributed by atoms with Gasteiger partial charge < -0.3 is 19.8 Å². The van der Waals surface area contributed by atoms with Gasteiger partial charge in [-0.15, -0.1) is 0 Å². The smallest absolute Gasteiger partial charge is 0.191 e. The highest BCUT2D eigenvalue weighted by Gasteiger charge is 2.06. The van der Waals surface area contributed by atoms with Crippen molar-refractivity contribution in [1.29, 1.82) is 0 Å². The van der Waals surface area contributed by atoms with Gasteiger partial charge in [-0.1, -0.05) is 36.4 Å². The SMILES string of the molecule is CN=C(NCCCn1c(C)nc2ccccc21)NCc1ccc(Cn2ccnc2)cc1. The molecule has 2 heterocycles. The van der Waals surface area contributed by atoms with Crippen molar-refractivity contribution in [3.63, 3.8) is 0 Å². The Morgan fingerprint density at radius 2 is 1.84 bits per heavy atom. The maximum Gasteiger partial charge on any atom is 0.191 e. The Morgan fingerprint density at radius 3 is 2.61 bits per heavy atom. The molecule has 0 aliphatic heterocycles. The molecule has 0 spiro atoms. The van der Waals surface area contributed by atoms with Crippen molar-refractivity contribution in [2.45, 2.75) is 33.0 Å². The minimum absolute atomic E-state index is 0.732. The first-order valence-corrected chi connectivity index (χ1v) is 10.6. The van der Waals surface area contributed by atoms with E-state index in [0.29, 0.717) is 0 Å². The number of aromatic nitrogens is 4. The van der Waals surface area contributed by atoms with Gasteiger partial charge >= 0.3 is 0 Å². The fourth-order valence-electron chi connectivity index (χ4n) is 3.68. The van der Waals surface area contributed by atoms with Gasteiger partial charge in [0.15, 0.2) is 5.96 Å². The summed E-state index contributed by atoms with van der Waals surface area (Å²) in [4.78, 5) is 13.1. The Labute approximate surface area is 182 Å². The molecule has 0 bridgehead atoms. The van der Waals surface area contributed by atoms with E-state index in [2.05, 4.69) is 84.1 Å². The van der Waals surface area contributed by atoms with Gasteiger partial charge in [0, 0.05) is 45.6 Å². The topological polar surface area (TPSA) is 72.1 Å². The maximum absolute atomic E-state index is 4.63. The lowest BCUT2D eigenvalue weighted by Crippen LogP contribution is -2.37. The molecule has 0 radical (unpaired) electrons. The first kappa shape index (κ1) is 20.7. The molecule has 4 rings (SSSR count). The second-order valence-electron chi connectivity index (χ2n) is 7.56. The van der Waals surface area contributed by atoms with Crippen LogP contribution in [0.4, 0.5) is 0 Å². The van der Waals surface area contributed by atoms with Gasteiger partial charge in [0.1, 0.15) is 5.82 Å². The van der Waals surface area contributed by atoms with Crippen LogP contribution >= 0.6 is 0 Å². The summed E-state index contributed by atoms with van der Waals surface area (Å²) in [5.41, 5.74) is 4.73. The summed E-state index contributed by atoms with van der Waals surface area (Å²) in [7, 11) is 1.80. The fourth-order valence-corrected chi connectivity index (χ4v) is 3.68. The molecule has 2 N–H and O–H groups in total. The van der Waals surface area contributed by atoms with E-state index in [1.165, 1.54) is 16.6 Å². The molecular formula is C24H29N7. The predicted molar refractivity (Wildman–Crippen MR) is 125 cm³/mol. The highest BCUT2D eigenvalue weighted by Crippen LogP contribution is 2.15. The number of aryl methyl sites for hydroxylation is 2. The average molecular weight is 416 g/mol. The van der Waals surface area contributed by atoms with Crippen molar-refractivity contribution >= 4 is 17.0 Å². The summed E-state index contributed by atoms with van der Waals surface area (Å²) in [5, 5.41) is 6.80. The molecule has 7 nitrogen and oxygen atoms in total. The molecule has 7 heteroatoms. The van der Waals surface area contributed by atoms with Crippen LogP contribution < -0.4 is 10.6 Å².